The maximum atomic E-state index is 15.2. The molecule has 2 aliphatic rings. The van der Waals surface area contributed by atoms with Gasteiger partial charge in [0.25, 0.3) is 0 Å². The van der Waals surface area contributed by atoms with Crippen molar-refractivity contribution in [2.45, 2.75) is 25.8 Å². The molecule has 2 aromatic rings. The average Bonchev–Trinajstić information content (AvgIpc) is 3.47. The molecular formula is C19H22FN3O3. The van der Waals surface area contributed by atoms with Crippen molar-refractivity contribution in [2.75, 3.05) is 37.6 Å². The lowest BCUT2D eigenvalue weighted by Gasteiger charge is -2.36. The normalized spacial score (nSPS) is 18.5. The van der Waals surface area contributed by atoms with Gasteiger partial charge in [0.2, 0.25) is 0 Å². The van der Waals surface area contributed by atoms with Gasteiger partial charge in [0.1, 0.15) is 5.56 Å². The molecular weight excluding hydrogens is 337 g/mol. The highest BCUT2D eigenvalue weighted by Crippen LogP contribution is 2.38. The van der Waals surface area contributed by atoms with Crippen molar-refractivity contribution in [3.05, 3.63) is 39.9 Å². The quantitative estimate of drug-likeness (QED) is 0.908. The second-order valence-corrected chi connectivity index (χ2v) is 7.02. The number of carbonyl (C=O) groups is 1. The maximum Gasteiger partial charge on any atom is 0.339 e. The molecule has 0 amide bonds. The first-order valence-electron chi connectivity index (χ1n) is 9.09. The van der Waals surface area contributed by atoms with Crippen molar-refractivity contribution in [2.24, 2.45) is 0 Å². The van der Waals surface area contributed by atoms with Crippen molar-refractivity contribution in [1.29, 1.82) is 0 Å². The molecule has 6 nitrogen and oxygen atoms in total. The molecule has 1 aliphatic carbocycles. The number of carboxylic acids is 1. The molecule has 1 saturated carbocycles. The molecule has 7 heteroatoms. The van der Waals surface area contributed by atoms with Crippen molar-refractivity contribution in [1.82, 2.24) is 9.47 Å². The number of aromatic nitrogens is 1. The Morgan fingerprint density at radius 3 is 2.54 bits per heavy atom. The topological polar surface area (TPSA) is 65.8 Å². The Morgan fingerprint density at radius 2 is 1.96 bits per heavy atom. The number of nitrogens with zero attached hydrogens (tertiary/aromatic N) is 3. The van der Waals surface area contributed by atoms with E-state index in [0.717, 1.165) is 32.5 Å². The van der Waals surface area contributed by atoms with Gasteiger partial charge in [-0.25, -0.2) is 9.18 Å². The van der Waals surface area contributed by atoms with Crippen LogP contribution in [0.15, 0.2) is 23.1 Å². The van der Waals surface area contributed by atoms with Crippen molar-refractivity contribution in [3.8, 4) is 0 Å². The summed E-state index contributed by atoms with van der Waals surface area (Å²) in [6, 6.07) is 3.26. The summed E-state index contributed by atoms with van der Waals surface area (Å²) >= 11 is 0. The molecule has 1 saturated heterocycles. The van der Waals surface area contributed by atoms with Gasteiger partial charge in [0, 0.05) is 44.5 Å². The summed E-state index contributed by atoms with van der Waals surface area (Å²) in [5, 5.41) is 9.59. The number of carboxylic acid groups (broad SMARTS) is 1. The van der Waals surface area contributed by atoms with Crippen LogP contribution in [0, 0.1) is 5.82 Å². The molecule has 4 rings (SSSR count). The van der Waals surface area contributed by atoms with E-state index in [4.69, 9.17) is 0 Å². The van der Waals surface area contributed by atoms with Gasteiger partial charge in [0.05, 0.1) is 16.6 Å². The van der Waals surface area contributed by atoms with E-state index in [-0.39, 0.29) is 17.1 Å². The number of piperazine rings is 1. The molecule has 0 atom stereocenters. The average molecular weight is 359 g/mol. The number of hydrogen-bond acceptors (Lipinski definition) is 4. The van der Waals surface area contributed by atoms with Crippen LogP contribution < -0.4 is 10.3 Å². The first kappa shape index (κ1) is 17.0. The summed E-state index contributed by atoms with van der Waals surface area (Å²) in [5.74, 6) is -2.20. The summed E-state index contributed by atoms with van der Waals surface area (Å²) < 4.78 is 17.1. The Morgan fingerprint density at radius 1 is 1.27 bits per heavy atom. The summed E-state index contributed by atoms with van der Waals surface area (Å²) in [6.45, 7) is 5.91. The highest BCUT2D eigenvalue weighted by molar-refractivity contribution is 6.04. The molecule has 1 aromatic heterocycles. The lowest BCUT2D eigenvalue weighted by atomic mass is 10.0. The third kappa shape index (κ3) is 2.76. The van der Waals surface area contributed by atoms with Crippen LogP contribution in [0.5, 0.6) is 0 Å². The van der Waals surface area contributed by atoms with Gasteiger partial charge < -0.3 is 19.5 Å². The highest BCUT2D eigenvalue weighted by atomic mass is 19.1. The van der Waals surface area contributed by atoms with E-state index in [2.05, 4.69) is 11.8 Å². The van der Waals surface area contributed by atoms with Crippen LogP contribution in [0.25, 0.3) is 10.9 Å². The van der Waals surface area contributed by atoms with Crippen LogP contribution in [0.1, 0.15) is 36.2 Å². The van der Waals surface area contributed by atoms with E-state index < -0.39 is 22.8 Å². The standard InChI is InChI=1S/C19H22FN3O3/c1-2-21-7-9-22(10-8-21)14-11-13-16(17(18(14)20)19(25)26)15(24)5-6-23(13)12-3-4-12/h5-6,11-12H,2-4,7-10H2,1H3,(H,25,26). The van der Waals surface area contributed by atoms with Crippen LogP contribution in [0.2, 0.25) is 0 Å². The molecule has 26 heavy (non-hydrogen) atoms. The first-order chi connectivity index (χ1) is 12.5. The molecule has 138 valence electrons. The molecule has 1 N–H and O–H groups in total. The van der Waals surface area contributed by atoms with E-state index in [9.17, 15) is 14.7 Å². The van der Waals surface area contributed by atoms with Crippen molar-refractivity contribution < 1.29 is 14.3 Å². The molecule has 2 heterocycles. The minimum atomic E-state index is -1.40. The van der Waals surface area contributed by atoms with Gasteiger partial charge in [-0.05, 0) is 25.5 Å². The minimum Gasteiger partial charge on any atom is -0.478 e. The zero-order valence-corrected chi connectivity index (χ0v) is 14.7. The van der Waals surface area contributed by atoms with Crippen LogP contribution >= 0.6 is 0 Å². The lowest BCUT2D eigenvalue weighted by molar-refractivity contribution is 0.0694. The number of anilines is 1. The summed E-state index contributed by atoms with van der Waals surface area (Å²) in [7, 11) is 0. The third-order valence-corrected chi connectivity index (χ3v) is 5.45. The van der Waals surface area contributed by atoms with Gasteiger partial charge in [-0.1, -0.05) is 6.92 Å². The molecule has 1 aromatic carbocycles. The molecule has 0 radical (unpaired) electrons. The fraction of sp³-hybridized carbons (Fsp3) is 0.474. The van der Waals surface area contributed by atoms with E-state index in [1.165, 1.54) is 6.07 Å². The summed E-state index contributed by atoms with van der Waals surface area (Å²) in [5.41, 5.74) is -0.150. The second kappa shape index (κ2) is 6.39. The smallest absolute Gasteiger partial charge is 0.339 e. The van der Waals surface area contributed by atoms with E-state index in [1.54, 1.807) is 12.3 Å². The van der Waals surface area contributed by atoms with Gasteiger partial charge in [-0.2, -0.15) is 0 Å². The summed E-state index contributed by atoms with van der Waals surface area (Å²) in [6.07, 6.45) is 3.68. The van der Waals surface area contributed by atoms with Crippen LogP contribution in [0.3, 0.4) is 0 Å². The molecule has 0 unspecified atom stereocenters. The number of hydrogen-bond donors (Lipinski definition) is 1. The molecule has 0 spiro atoms. The molecule has 2 fully saturated rings. The minimum absolute atomic E-state index is 0.0275. The fourth-order valence-electron chi connectivity index (χ4n) is 3.80. The number of benzene rings is 1. The van der Waals surface area contributed by atoms with Gasteiger partial charge >= 0.3 is 5.97 Å². The zero-order valence-electron chi connectivity index (χ0n) is 14.7. The van der Waals surface area contributed by atoms with Crippen LogP contribution in [0.4, 0.5) is 10.1 Å². The van der Waals surface area contributed by atoms with Crippen LogP contribution in [-0.4, -0.2) is 53.3 Å². The first-order valence-corrected chi connectivity index (χ1v) is 9.09. The number of likely N-dealkylation sites (N-methyl/N-ethyl adjacent to an activating group) is 1. The third-order valence-electron chi connectivity index (χ3n) is 5.45. The maximum absolute atomic E-state index is 15.2. The van der Waals surface area contributed by atoms with E-state index in [1.807, 2.05) is 9.47 Å². The van der Waals surface area contributed by atoms with Crippen LogP contribution in [-0.2, 0) is 0 Å². The second-order valence-electron chi connectivity index (χ2n) is 7.02. The van der Waals surface area contributed by atoms with E-state index in [0.29, 0.717) is 18.6 Å². The summed E-state index contributed by atoms with van der Waals surface area (Å²) in [4.78, 5) is 28.3. The number of aromatic carboxylic acids is 1. The van der Waals surface area contributed by atoms with E-state index >= 15 is 4.39 Å². The largest absolute Gasteiger partial charge is 0.478 e. The Kier molecular flexibility index (Phi) is 4.19. The zero-order chi connectivity index (χ0) is 18.4. The highest BCUT2D eigenvalue weighted by Gasteiger charge is 2.30. The monoisotopic (exact) mass is 359 g/mol. The number of fused-ring (bicyclic) bond motifs is 1. The Balaban J connectivity index is 1.91. The lowest BCUT2D eigenvalue weighted by Crippen LogP contribution is -2.46. The SMILES string of the molecule is CCN1CCN(c2cc3c(c(C(=O)O)c2F)c(=O)ccn3C2CC2)CC1. The number of pyridine rings is 1. The number of halogens is 1. The Labute approximate surface area is 150 Å². The Bertz CT molecular complexity index is 928. The number of rotatable bonds is 4. The van der Waals surface area contributed by atoms with Crippen molar-refractivity contribution >= 4 is 22.6 Å². The van der Waals surface area contributed by atoms with Crippen molar-refractivity contribution in [3.63, 3.8) is 0 Å². The van der Waals surface area contributed by atoms with Gasteiger partial charge in [-0.15, -0.1) is 0 Å². The molecule has 1 aliphatic heterocycles. The predicted octanol–water partition coefficient (Wildman–Crippen LogP) is 2.32. The predicted molar refractivity (Wildman–Crippen MR) is 97.7 cm³/mol. The van der Waals surface area contributed by atoms with Gasteiger partial charge in [-0.3, -0.25) is 4.79 Å². The fourth-order valence-corrected chi connectivity index (χ4v) is 3.80. The Hall–Kier alpha value is -2.41. The van der Waals surface area contributed by atoms with Gasteiger partial charge in [0.15, 0.2) is 11.2 Å². The molecule has 0 bridgehead atoms.